The van der Waals surface area contributed by atoms with Gasteiger partial charge in [0.1, 0.15) is 0 Å². The average Bonchev–Trinajstić information content (AvgIpc) is 2.43. The van der Waals surface area contributed by atoms with Crippen molar-refractivity contribution in [3.63, 3.8) is 0 Å². The molecule has 0 saturated heterocycles. The number of hydrogen-bond acceptors (Lipinski definition) is 4. The van der Waals surface area contributed by atoms with Gasteiger partial charge in [0.05, 0.1) is 5.75 Å². The summed E-state index contributed by atoms with van der Waals surface area (Å²) in [5.41, 5.74) is 0.850. The minimum Gasteiger partial charge on any atom is -0.352 e. The highest BCUT2D eigenvalue weighted by molar-refractivity contribution is 7.92. The zero-order valence-electron chi connectivity index (χ0n) is 12.9. The molecule has 0 heterocycles. The molecule has 0 radical (unpaired) electrons. The van der Waals surface area contributed by atoms with Gasteiger partial charge in [0.15, 0.2) is 0 Å². The lowest BCUT2D eigenvalue weighted by molar-refractivity contribution is 0.0953. The smallest absolute Gasteiger partial charge is 0.251 e. The van der Waals surface area contributed by atoms with Crippen LogP contribution in [0.3, 0.4) is 0 Å². The lowest BCUT2D eigenvalue weighted by Gasteiger charge is -2.09. The van der Waals surface area contributed by atoms with E-state index in [0.717, 1.165) is 13.0 Å². The van der Waals surface area contributed by atoms with Gasteiger partial charge in [0.25, 0.3) is 5.91 Å². The van der Waals surface area contributed by atoms with Gasteiger partial charge in [0, 0.05) is 17.8 Å². The number of benzene rings is 1. The molecule has 0 fully saturated rings. The van der Waals surface area contributed by atoms with Gasteiger partial charge in [-0.15, -0.1) is 12.4 Å². The Bertz CT molecular complexity index is 564. The maximum atomic E-state index is 11.9. The molecule has 1 aromatic rings. The third-order valence-electron chi connectivity index (χ3n) is 2.76. The summed E-state index contributed by atoms with van der Waals surface area (Å²) in [6.45, 7) is 3.21. The van der Waals surface area contributed by atoms with Crippen LogP contribution >= 0.6 is 12.4 Å². The molecule has 126 valence electrons. The van der Waals surface area contributed by atoms with E-state index in [1.165, 1.54) is 0 Å². The van der Waals surface area contributed by atoms with Gasteiger partial charge >= 0.3 is 0 Å². The van der Waals surface area contributed by atoms with Crippen molar-refractivity contribution >= 4 is 34.0 Å². The number of carbonyl (C=O) groups is 1. The van der Waals surface area contributed by atoms with Gasteiger partial charge in [-0.2, -0.15) is 0 Å². The molecule has 0 atom stereocenters. The first-order valence-electron chi connectivity index (χ1n) is 7.02. The fourth-order valence-corrected chi connectivity index (χ4v) is 2.92. The quantitative estimate of drug-likeness (QED) is 0.591. The monoisotopic (exact) mass is 349 g/mol. The highest BCUT2D eigenvalue weighted by Gasteiger charge is 2.10. The number of hydrogen-bond donors (Lipinski definition) is 3. The standard InChI is InChI=1S/C14H23N3O3S.ClH/c1-3-10-21(19,20)17-13-7-4-6-12(11-13)14(18)16-9-5-8-15-2;/h4,6-7,11,15,17H,3,5,8-10H2,1-2H3,(H,16,18);1H. The van der Waals surface area contributed by atoms with E-state index < -0.39 is 10.0 Å². The Labute approximate surface area is 138 Å². The van der Waals surface area contributed by atoms with E-state index in [0.29, 0.717) is 24.2 Å². The van der Waals surface area contributed by atoms with Crippen molar-refractivity contribution < 1.29 is 13.2 Å². The highest BCUT2D eigenvalue weighted by atomic mass is 35.5. The Kier molecular flexibility index (Phi) is 9.80. The lowest BCUT2D eigenvalue weighted by atomic mass is 10.2. The van der Waals surface area contributed by atoms with Crippen molar-refractivity contribution in [1.29, 1.82) is 0 Å². The zero-order chi connectivity index (χ0) is 15.7. The fourth-order valence-electron chi connectivity index (χ4n) is 1.79. The third kappa shape index (κ3) is 7.63. The summed E-state index contributed by atoms with van der Waals surface area (Å²) in [5.74, 6) is -0.143. The Morgan fingerprint density at radius 2 is 1.95 bits per heavy atom. The second-order valence-electron chi connectivity index (χ2n) is 4.71. The average molecular weight is 350 g/mol. The molecule has 0 aliphatic heterocycles. The minimum absolute atomic E-state index is 0. The zero-order valence-corrected chi connectivity index (χ0v) is 14.5. The van der Waals surface area contributed by atoms with Gasteiger partial charge in [0.2, 0.25) is 10.0 Å². The van der Waals surface area contributed by atoms with Crippen LogP contribution in [0.2, 0.25) is 0 Å². The highest BCUT2D eigenvalue weighted by Crippen LogP contribution is 2.13. The molecule has 6 nitrogen and oxygen atoms in total. The normalized spacial score (nSPS) is 10.6. The molecule has 0 aliphatic carbocycles. The minimum atomic E-state index is -3.34. The molecule has 22 heavy (non-hydrogen) atoms. The predicted octanol–water partition coefficient (Wildman–Crippen LogP) is 1.60. The van der Waals surface area contributed by atoms with Crippen molar-refractivity contribution in [2.24, 2.45) is 0 Å². The number of rotatable bonds is 9. The summed E-state index contributed by atoms with van der Waals surface area (Å²) in [4.78, 5) is 11.9. The topological polar surface area (TPSA) is 87.3 Å². The number of sulfonamides is 1. The van der Waals surface area contributed by atoms with Crippen LogP contribution < -0.4 is 15.4 Å². The first-order valence-corrected chi connectivity index (χ1v) is 8.67. The Hall–Kier alpha value is -1.31. The van der Waals surface area contributed by atoms with Gasteiger partial charge in [-0.25, -0.2) is 8.42 Å². The van der Waals surface area contributed by atoms with E-state index in [2.05, 4.69) is 15.4 Å². The van der Waals surface area contributed by atoms with Gasteiger partial charge in [-0.3, -0.25) is 9.52 Å². The third-order valence-corrected chi connectivity index (χ3v) is 4.25. The maximum absolute atomic E-state index is 11.9. The second-order valence-corrected chi connectivity index (χ2v) is 6.56. The summed E-state index contributed by atoms with van der Waals surface area (Å²) in [6.07, 6.45) is 1.38. The Balaban J connectivity index is 0.00000441. The van der Waals surface area contributed by atoms with Gasteiger partial charge < -0.3 is 10.6 Å². The van der Waals surface area contributed by atoms with E-state index in [4.69, 9.17) is 0 Å². The Morgan fingerprint density at radius 1 is 1.23 bits per heavy atom. The molecule has 3 N–H and O–H groups in total. The second kappa shape index (κ2) is 10.4. The molecular weight excluding hydrogens is 326 g/mol. The van der Waals surface area contributed by atoms with E-state index in [1.807, 2.05) is 7.05 Å². The molecular formula is C14H24ClN3O3S. The SMILES string of the molecule is CCCS(=O)(=O)Nc1cccc(C(=O)NCCCNC)c1.Cl. The molecule has 1 rings (SSSR count). The van der Waals surface area contributed by atoms with Crippen LogP contribution in [0.15, 0.2) is 24.3 Å². The molecule has 0 saturated carbocycles. The van der Waals surface area contributed by atoms with Gasteiger partial charge in [-0.05, 0) is 44.6 Å². The van der Waals surface area contributed by atoms with Crippen LogP contribution in [0.5, 0.6) is 0 Å². The molecule has 0 spiro atoms. The number of amides is 1. The number of carbonyl (C=O) groups excluding carboxylic acids is 1. The number of anilines is 1. The molecule has 0 aromatic heterocycles. The van der Waals surface area contributed by atoms with E-state index in [9.17, 15) is 13.2 Å². The predicted molar refractivity (Wildman–Crippen MR) is 92.3 cm³/mol. The lowest BCUT2D eigenvalue weighted by Crippen LogP contribution is -2.26. The van der Waals surface area contributed by atoms with E-state index >= 15 is 0 Å². The maximum Gasteiger partial charge on any atom is 0.251 e. The van der Waals surface area contributed by atoms with Crippen molar-refractivity contribution in [3.05, 3.63) is 29.8 Å². The van der Waals surface area contributed by atoms with E-state index in [-0.39, 0.29) is 24.1 Å². The molecule has 1 aromatic carbocycles. The summed E-state index contributed by atoms with van der Waals surface area (Å²) in [7, 11) is -1.49. The van der Waals surface area contributed by atoms with Crippen LogP contribution in [-0.2, 0) is 10.0 Å². The molecule has 0 aliphatic rings. The largest absolute Gasteiger partial charge is 0.352 e. The summed E-state index contributed by atoms with van der Waals surface area (Å²) >= 11 is 0. The fraction of sp³-hybridized carbons (Fsp3) is 0.500. The summed E-state index contributed by atoms with van der Waals surface area (Å²) in [6, 6.07) is 6.49. The van der Waals surface area contributed by atoms with Crippen LogP contribution in [0.25, 0.3) is 0 Å². The first kappa shape index (κ1) is 20.7. The van der Waals surface area contributed by atoms with E-state index in [1.54, 1.807) is 31.2 Å². The van der Waals surface area contributed by atoms with Crippen molar-refractivity contribution in [2.75, 3.05) is 30.6 Å². The molecule has 0 unspecified atom stereocenters. The van der Waals surface area contributed by atoms with Crippen LogP contribution in [0.4, 0.5) is 5.69 Å². The molecule has 1 amide bonds. The van der Waals surface area contributed by atoms with Crippen LogP contribution in [0, 0.1) is 0 Å². The van der Waals surface area contributed by atoms with Gasteiger partial charge in [-0.1, -0.05) is 13.0 Å². The van der Waals surface area contributed by atoms with Crippen molar-refractivity contribution in [1.82, 2.24) is 10.6 Å². The summed E-state index contributed by atoms with van der Waals surface area (Å²) in [5, 5.41) is 5.79. The summed E-state index contributed by atoms with van der Waals surface area (Å²) < 4.78 is 25.9. The van der Waals surface area contributed by atoms with Crippen LogP contribution in [-0.4, -0.2) is 40.2 Å². The molecule has 8 heteroatoms. The molecule has 0 bridgehead atoms. The van der Waals surface area contributed by atoms with Crippen LogP contribution in [0.1, 0.15) is 30.1 Å². The number of halogens is 1. The van der Waals surface area contributed by atoms with Crippen molar-refractivity contribution in [3.8, 4) is 0 Å². The Morgan fingerprint density at radius 3 is 2.59 bits per heavy atom. The first-order chi connectivity index (χ1) is 9.98. The number of nitrogens with one attached hydrogen (secondary N) is 3. The van der Waals surface area contributed by atoms with Crippen molar-refractivity contribution in [2.45, 2.75) is 19.8 Å².